The summed E-state index contributed by atoms with van der Waals surface area (Å²) in [5, 5.41) is 5.85. The molecule has 1 unspecified atom stereocenters. The number of aromatic nitrogens is 3. The molecule has 0 aliphatic heterocycles. The van der Waals surface area contributed by atoms with Gasteiger partial charge in [0.05, 0.1) is 16.3 Å². The number of likely N-dealkylation sites (N-methyl/N-ethyl adjacent to an activating group) is 1. The average molecular weight is 335 g/mol. The molecule has 1 atom stereocenters. The number of hydrogen-bond acceptors (Lipinski definition) is 8. The maximum Gasteiger partial charge on any atom is 0.246 e. The van der Waals surface area contributed by atoms with E-state index >= 15 is 0 Å². The van der Waals surface area contributed by atoms with Crippen molar-refractivity contribution in [3.8, 4) is 10.7 Å². The monoisotopic (exact) mass is 335 g/mol. The molecule has 3 rings (SSSR count). The molecule has 2 N–H and O–H groups in total. The van der Waals surface area contributed by atoms with Crippen molar-refractivity contribution in [3.63, 3.8) is 0 Å². The molecule has 0 aliphatic rings. The number of carbonyl (C=O) groups is 1. The highest BCUT2D eigenvalue weighted by Crippen LogP contribution is 2.22. The van der Waals surface area contributed by atoms with Crippen LogP contribution in [-0.2, 0) is 11.3 Å². The Bertz CT molecular complexity index is 738. The number of carbonyl (C=O) groups excluding carboxylic acids is 1. The van der Waals surface area contributed by atoms with Gasteiger partial charge in [-0.1, -0.05) is 11.2 Å². The Hall–Kier alpha value is -2.10. The lowest BCUT2D eigenvalue weighted by atomic mass is 10.2. The minimum atomic E-state index is -0.725. The predicted octanol–water partition coefficient (Wildman–Crippen LogP) is 1.91. The Kier molecular flexibility index (Phi) is 4.27. The van der Waals surface area contributed by atoms with Gasteiger partial charge >= 0.3 is 0 Å². The van der Waals surface area contributed by atoms with Crippen molar-refractivity contribution in [3.05, 3.63) is 40.5 Å². The Morgan fingerprint density at radius 2 is 2.36 bits per heavy atom. The van der Waals surface area contributed by atoms with E-state index in [9.17, 15) is 4.79 Å². The molecular formula is C13H13N5O2S2. The second-order valence-corrected chi connectivity index (χ2v) is 6.39. The summed E-state index contributed by atoms with van der Waals surface area (Å²) >= 11 is 2.74. The summed E-state index contributed by atoms with van der Waals surface area (Å²) in [5.41, 5.74) is 5.93. The first-order chi connectivity index (χ1) is 10.6. The molecule has 114 valence electrons. The molecule has 0 bridgehead atoms. The summed E-state index contributed by atoms with van der Waals surface area (Å²) in [5.74, 6) is 0.675. The van der Waals surface area contributed by atoms with E-state index in [1.807, 2.05) is 17.5 Å². The van der Waals surface area contributed by atoms with Crippen molar-refractivity contribution in [2.75, 3.05) is 7.05 Å². The molecule has 7 nitrogen and oxygen atoms in total. The largest absolute Gasteiger partial charge is 0.337 e. The van der Waals surface area contributed by atoms with Gasteiger partial charge in [-0.3, -0.25) is 4.79 Å². The highest BCUT2D eigenvalue weighted by Gasteiger charge is 2.23. The summed E-state index contributed by atoms with van der Waals surface area (Å²) in [4.78, 5) is 19.7. The minimum Gasteiger partial charge on any atom is -0.337 e. The molecule has 0 aliphatic carbocycles. The predicted molar refractivity (Wildman–Crippen MR) is 83.1 cm³/mol. The molecule has 0 saturated heterocycles. The third-order valence-corrected chi connectivity index (χ3v) is 4.68. The molecule has 0 fully saturated rings. The van der Waals surface area contributed by atoms with E-state index in [-0.39, 0.29) is 12.5 Å². The number of rotatable bonds is 5. The molecule has 0 aromatic carbocycles. The topological polar surface area (TPSA) is 98.1 Å². The van der Waals surface area contributed by atoms with Gasteiger partial charge in [0.15, 0.2) is 0 Å². The Morgan fingerprint density at radius 1 is 1.50 bits per heavy atom. The fourth-order valence-electron chi connectivity index (χ4n) is 1.85. The van der Waals surface area contributed by atoms with Crippen LogP contribution < -0.4 is 5.73 Å². The Labute approximate surface area is 134 Å². The van der Waals surface area contributed by atoms with Crippen LogP contribution >= 0.6 is 22.9 Å². The van der Waals surface area contributed by atoms with E-state index in [0.717, 1.165) is 9.75 Å². The van der Waals surface area contributed by atoms with Crippen LogP contribution in [0.1, 0.15) is 16.8 Å². The van der Waals surface area contributed by atoms with E-state index in [1.165, 1.54) is 27.8 Å². The quantitative estimate of drug-likeness (QED) is 0.765. The van der Waals surface area contributed by atoms with Crippen LogP contribution in [0.4, 0.5) is 0 Å². The van der Waals surface area contributed by atoms with Gasteiger partial charge in [-0.25, -0.2) is 4.37 Å². The van der Waals surface area contributed by atoms with Crippen LogP contribution in [0, 0.1) is 0 Å². The molecule has 3 aromatic rings. The molecule has 1 amide bonds. The standard InChI is InChI=1S/C13H13N5O2S2/c1-18(13(19)11(14)8-4-5-15-22-8)7-10-16-12(17-20-10)9-3-2-6-21-9/h2-6,11H,7,14H2,1H3. The molecule has 0 saturated carbocycles. The van der Waals surface area contributed by atoms with Crippen molar-refractivity contribution in [1.82, 2.24) is 19.4 Å². The second kappa shape index (κ2) is 6.34. The van der Waals surface area contributed by atoms with Crippen molar-refractivity contribution < 1.29 is 9.32 Å². The molecule has 0 radical (unpaired) electrons. The van der Waals surface area contributed by atoms with Gasteiger partial charge in [0, 0.05) is 13.2 Å². The van der Waals surface area contributed by atoms with E-state index < -0.39 is 6.04 Å². The lowest BCUT2D eigenvalue weighted by Crippen LogP contribution is -2.35. The summed E-state index contributed by atoms with van der Waals surface area (Å²) < 4.78 is 9.13. The Morgan fingerprint density at radius 3 is 3.05 bits per heavy atom. The van der Waals surface area contributed by atoms with Crippen LogP contribution in [0.15, 0.2) is 34.3 Å². The molecule has 0 spiro atoms. The molecule has 3 heterocycles. The molecule has 3 aromatic heterocycles. The van der Waals surface area contributed by atoms with Crippen LogP contribution in [0.3, 0.4) is 0 Å². The van der Waals surface area contributed by atoms with E-state index in [0.29, 0.717) is 11.7 Å². The first-order valence-electron chi connectivity index (χ1n) is 6.43. The SMILES string of the molecule is CN(Cc1nc(-c2cccs2)no1)C(=O)C(N)c1ccns1. The first-order valence-corrected chi connectivity index (χ1v) is 8.08. The zero-order chi connectivity index (χ0) is 15.5. The second-order valence-electron chi connectivity index (χ2n) is 4.58. The van der Waals surface area contributed by atoms with Gasteiger partial charge < -0.3 is 15.2 Å². The minimum absolute atomic E-state index is 0.212. The molecule has 22 heavy (non-hydrogen) atoms. The number of amides is 1. The van der Waals surface area contributed by atoms with Crippen molar-refractivity contribution >= 4 is 28.8 Å². The summed E-state index contributed by atoms with van der Waals surface area (Å²) in [7, 11) is 1.65. The summed E-state index contributed by atoms with van der Waals surface area (Å²) in [6, 6.07) is 4.84. The van der Waals surface area contributed by atoms with E-state index in [2.05, 4.69) is 14.5 Å². The van der Waals surface area contributed by atoms with Crippen LogP contribution in [0.2, 0.25) is 0 Å². The molecular weight excluding hydrogens is 322 g/mol. The van der Waals surface area contributed by atoms with Crippen LogP contribution in [-0.4, -0.2) is 32.4 Å². The maximum atomic E-state index is 12.3. The van der Waals surface area contributed by atoms with Gasteiger partial charge in [0.1, 0.15) is 6.04 Å². The fourth-order valence-corrected chi connectivity index (χ4v) is 3.08. The van der Waals surface area contributed by atoms with Gasteiger partial charge in [0.25, 0.3) is 0 Å². The van der Waals surface area contributed by atoms with Crippen molar-refractivity contribution in [1.29, 1.82) is 0 Å². The number of nitrogens with zero attached hydrogens (tertiary/aromatic N) is 4. The number of hydrogen-bond donors (Lipinski definition) is 1. The number of nitrogens with two attached hydrogens (primary N) is 1. The third kappa shape index (κ3) is 3.06. The lowest BCUT2D eigenvalue weighted by molar-refractivity contribution is -0.132. The van der Waals surface area contributed by atoms with Gasteiger partial charge in [-0.2, -0.15) is 4.98 Å². The maximum absolute atomic E-state index is 12.3. The number of thiophene rings is 1. The van der Waals surface area contributed by atoms with Gasteiger partial charge in [-0.15, -0.1) is 11.3 Å². The van der Waals surface area contributed by atoms with Gasteiger partial charge in [0.2, 0.25) is 17.6 Å². The highest BCUT2D eigenvalue weighted by molar-refractivity contribution is 7.13. The van der Waals surface area contributed by atoms with Crippen molar-refractivity contribution in [2.24, 2.45) is 5.73 Å². The van der Waals surface area contributed by atoms with E-state index in [1.54, 1.807) is 19.3 Å². The molecule has 9 heteroatoms. The van der Waals surface area contributed by atoms with Gasteiger partial charge in [-0.05, 0) is 29.0 Å². The highest BCUT2D eigenvalue weighted by atomic mass is 32.1. The zero-order valence-electron chi connectivity index (χ0n) is 11.7. The third-order valence-electron chi connectivity index (χ3n) is 2.99. The normalized spacial score (nSPS) is 12.3. The smallest absolute Gasteiger partial charge is 0.246 e. The van der Waals surface area contributed by atoms with E-state index in [4.69, 9.17) is 10.3 Å². The summed E-state index contributed by atoms with van der Waals surface area (Å²) in [6.45, 7) is 0.212. The van der Waals surface area contributed by atoms with Crippen LogP contribution in [0.25, 0.3) is 10.7 Å². The van der Waals surface area contributed by atoms with Crippen molar-refractivity contribution in [2.45, 2.75) is 12.6 Å². The average Bonchev–Trinajstić information content (AvgIpc) is 3.25. The Balaban J connectivity index is 1.66. The van der Waals surface area contributed by atoms with Crippen LogP contribution in [0.5, 0.6) is 0 Å². The zero-order valence-corrected chi connectivity index (χ0v) is 13.3. The first kappa shape index (κ1) is 14.8. The summed E-state index contributed by atoms with van der Waals surface area (Å²) in [6.07, 6.45) is 1.62. The fraction of sp³-hybridized carbons (Fsp3) is 0.231. The lowest BCUT2D eigenvalue weighted by Gasteiger charge is -2.18.